The topological polar surface area (TPSA) is 79.9 Å². The van der Waals surface area contributed by atoms with Crippen LogP contribution < -0.4 is 11.1 Å². The van der Waals surface area contributed by atoms with Crippen LogP contribution in [0.1, 0.15) is 33.1 Å². The van der Waals surface area contributed by atoms with Crippen LogP contribution in [0.25, 0.3) is 0 Å². The van der Waals surface area contributed by atoms with Crippen molar-refractivity contribution in [3.8, 4) is 0 Å². The lowest BCUT2D eigenvalue weighted by atomic mass is 10.2. The molecular formula is C13H27IN4O2. The quantitative estimate of drug-likeness (QED) is 0.411. The molecule has 1 saturated heterocycles. The largest absolute Gasteiger partial charge is 0.370 e. The number of ether oxygens (including phenoxy) is 1. The van der Waals surface area contributed by atoms with E-state index in [9.17, 15) is 4.79 Å². The maximum Gasteiger partial charge on any atom is 0.251 e. The smallest absolute Gasteiger partial charge is 0.251 e. The Morgan fingerprint density at radius 1 is 1.50 bits per heavy atom. The SMILES string of the molecule is CCC(C)NC(N)=NCC1CCC(C(=O)N(C)C)O1.I. The minimum absolute atomic E-state index is 0. The Labute approximate surface area is 138 Å². The molecule has 1 aliphatic heterocycles. The molecule has 1 aliphatic rings. The van der Waals surface area contributed by atoms with Crippen LogP contribution >= 0.6 is 24.0 Å². The van der Waals surface area contributed by atoms with E-state index in [-0.39, 0.29) is 42.1 Å². The lowest BCUT2D eigenvalue weighted by Crippen LogP contribution is -2.38. The Balaban J connectivity index is 0.00000361. The summed E-state index contributed by atoms with van der Waals surface area (Å²) >= 11 is 0. The molecule has 118 valence electrons. The van der Waals surface area contributed by atoms with Crippen LogP contribution in [0, 0.1) is 0 Å². The fourth-order valence-corrected chi connectivity index (χ4v) is 1.91. The van der Waals surface area contributed by atoms with E-state index in [0.717, 1.165) is 19.3 Å². The van der Waals surface area contributed by atoms with Gasteiger partial charge < -0.3 is 20.7 Å². The molecule has 1 rings (SSSR count). The molecule has 6 nitrogen and oxygen atoms in total. The van der Waals surface area contributed by atoms with E-state index in [1.165, 1.54) is 0 Å². The van der Waals surface area contributed by atoms with Crippen molar-refractivity contribution in [1.29, 1.82) is 0 Å². The number of carbonyl (C=O) groups is 1. The Kier molecular flexibility index (Phi) is 9.11. The number of rotatable bonds is 5. The van der Waals surface area contributed by atoms with Gasteiger partial charge in [-0.2, -0.15) is 0 Å². The summed E-state index contributed by atoms with van der Waals surface area (Å²) in [6.45, 7) is 4.65. The summed E-state index contributed by atoms with van der Waals surface area (Å²) in [5.74, 6) is 0.470. The minimum Gasteiger partial charge on any atom is -0.370 e. The third-order valence-corrected chi connectivity index (χ3v) is 3.30. The first-order chi connectivity index (χ1) is 8.93. The van der Waals surface area contributed by atoms with Crippen molar-refractivity contribution in [1.82, 2.24) is 10.2 Å². The van der Waals surface area contributed by atoms with Gasteiger partial charge in [0.2, 0.25) is 0 Å². The second-order valence-corrected chi connectivity index (χ2v) is 5.24. The van der Waals surface area contributed by atoms with Gasteiger partial charge in [0.15, 0.2) is 5.96 Å². The van der Waals surface area contributed by atoms with Gasteiger partial charge in [-0.3, -0.25) is 9.79 Å². The lowest BCUT2D eigenvalue weighted by Gasteiger charge is -2.17. The first-order valence-electron chi connectivity index (χ1n) is 6.87. The molecule has 0 aromatic heterocycles. The van der Waals surface area contributed by atoms with Gasteiger partial charge in [0.1, 0.15) is 6.10 Å². The summed E-state index contributed by atoms with van der Waals surface area (Å²) in [5, 5.41) is 3.10. The highest BCUT2D eigenvalue weighted by atomic mass is 127. The predicted octanol–water partition coefficient (Wildman–Crippen LogP) is 0.943. The van der Waals surface area contributed by atoms with E-state index >= 15 is 0 Å². The van der Waals surface area contributed by atoms with Crippen LogP contribution in [0.3, 0.4) is 0 Å². The zero-order chi connectivity index (χ0) is 14.4. The van der Waals surface area contributed by atoms with Crippen molar-refractivity contribution >= 4 is 35.8 Å². The number of guanidine groups is 1. The molecule has 3 unspecified atom stereocenters. The molecule has 20 heavy (non-hydrogen) atoms. The Morgan fingerprint density at radius 3 is 2.70 bits per heavy atom. The van der Waals surface area contributed by atoms with Crippen molar-refractivity contribution in [2.24, 2.45) is 10.7 Å². The second-order valence-electron chi connectivity index (χ2n) is 5.24. The minimum atomic E-state index is -0.320. The van der Waals surface area contributed by atoms with E-state index in [1.807, 2.05) is 0 Å². The number of amides is 1. The summed E-state index contributed by atoms with van der Waals surface area (Å²) in [4.78, 5) is 17.6. The fraction of sp³-hybridized carbons (Fsp3) is 0.846. The van der Waals surface area contributed by atoms with Crippen LogP contribution in [0.4, 0.5) is 0 Å². The van der Waals surface area contributed by atoms with Crippen LogP contribution in [0.2, 0.25) is 0 Å². The van der Waals surface area contributed by atoms with Crippen molar-refractivity contribution in [2.45, 2.75) is 51.4 Å². The second kappa shape index (κ2) is 9.38. The highest BCUT2D eigenvalue weighted by molar-refractivity contribution is 14.0. The zero-order valence-corrected chi connectivity index (χ0v) is 15.1. The molecule has 0 bridgehead atoms. The molecule has 0 aromatic rings. The summed E-state index contributed by atoms with van der Waals surface area (Å²) in [6, 6.07) is 0.316. The number of nitrogens with zero attached hydrogens (tertiary/aromatic N) is 2. The van der Waals surface area contributed by atoms with Crippen molar-refractivity contribution < 1.29 is 9.53 Å². The molecular weight excluding hydrogens is 371 g/mol. The maximum absolute atomic E-state index is 11.7. The average Bonchev–Trinajstić information content (AvgIpc) is 2.83. The Bertz CT molecular complexity index is 336. The van der Waals surface area contributed by atoms with Gasteiger partial charge >= 0.3 is 0 Å². The number of nitrogens with one attached hydrogen (secondary N) is 1. The molecule has 1 amide bonds. The number of aliphatic imine (C=N–C) groups is 1. The number of likely N-dealkylation sites (N-methyl/N-ethyl adjacent to an activating group) is 1. The summed E-state index contributed by atoms with van der Waals surface area (Å²) in [5.41, 5.74) is 5.78. The molecule has 0 radical (unpaired) electrons. The van der Waals surface area contributed by atoms with E-state index < -0.39 is 0 Å². The molecule has 0 spiro atoms. The Hall–Kier alpha value is -0.570. The van der Waals surface area contributed by atoms with E-state index in [4.69, 9.17) is 10.5 Å². The molecule has 1 heterocycles. The van der Waals surface area contributed by atoms with E-state index in [0.29, 0.717) is 18.5 Å². The van der Waals surface area contributed by atoms with Gasteiger partial charge in [-0.1, -0.05) is 6.92 Å². The van der Waals surface area contributed by atoms with Crippen LogP contribution in [-0.2, 0) is 9.53 Å². The standard InChI is InChI=1S/C13H26N4O2.HI/c1-5-9(2)16-13(14)15-8-10-6-7-11(19-10)12(18)17(3)4;/h9-11H,5-8H2,1-4H3,(H3,14,15,16);1H. The number of halogens is 1. The molecule has 7 heteroatoms. The van der Waals surface area contributed by atoms with Gasteiger partial charge in [0, 0.05) is 20.1 Å². The zero-order valence-electron chi connectivity index (χ0n) is 12.8. The Morgan fingerprint density at radius 2 is 2.15 bits per heavy atom. The highest BCUT2D eigenvalue weighted by Crippen LogP contribution is 2.21. The maximum atomic E-state index is 11.7. The summed E-state index contributed by atoms with van der Waals surface area (Å²) in [7, 11) is 3.48. The third kappa shape index (κ3) is 6.25. The predicted molar refractivity (Wildman–Crippen MR) is 91.4 cm³/mol. The van der Waals surface area contributed by atoms with Crippen molar-refractivity contribution in [3.05, 3.63) is 0 Å². The number of nitrogens with two attached hydrogens (primary N) is 1. The number of hydrogen-bond donors (Lipinski definition) is 2. The van der Waals surface area contributed by atoms with Gasteiger partial charge in [-0.25, -0.2) is 0 Å². The third-order valence-electron chi connectivity index (χ3n) is 3.30. The van der Waals surface area contributed by atoms with Gasteiger partial charge in [-0.15, -0.1) is 24.0 Å². The average molecular weight is 398 g/mol. The van der Waals surface area contributed by atoms with E-state index in [1.54, 1.807) is 19.0 Å². The first kappa shape index (κ1) is 19.4. The molecule has 3 atom stereocenters. The van der Waals surface area contributed by atoms with Crippen molar-refractivity contribution in [2.75, 3.05) is 20.6 Å². The fourth-order valence-electron chi connectivity index (χ4n) is 1.91. The number of hydrogen-bond acceptors (Lipinski definition) is 3. The molecule has 0 aliphatic carbocycles. The summed E-state index contributed by atoms with van der Waals surface area (Å²) < 4.78 is 5.68. The van der Waals surface area contributed by atoms with Crippen LogP contribution in [-0.4, -0.2) is 55.7 Å². The summed E-state index contributed by atoms with van der Waals surface area (Å²) in [6.07, 6.45) is 2.28. The normalized spacial score (nSPS) is 23.9. The lowest BCUT2D eigenvalue weighted by molar-refractivity contribution is -0.140. The van der Waals surface area contributed by atoms with Gasteiger partial charge in [0.05, 0.1) is 12.6 Å². The monoisotopic (exact) mass is 398 g/mol. The molecule has 0 saturated carbocycles. The van der Waals surface area contributed by atoms with Crippen molar-refractivity contribution in [3.63, 3.8) is 0 Å². The molecule has 1 fully saturated rings. The van der Waals surface area contributed by atoms with Gasteiger partial charge in [0.25, 0.3) is 5.91 Å². The van der Waals surface area contributed by atoms with Crippen LogP contribution in [0.5, 0.6) is 0 Å². The molecule has 3 N–H and O–H groups in total. The molecule has 0 aromatic carbocycles. The number of carbonyl (C=O) groups excluding carboxylic acids is 1. The highest BCUT2D eigenvalue weighted by Gasteiger charge is 2.31. The van der Waals surface area contributed by atoms with Gasteiger partial charge in [-0.05, 0) is 26.2 Å². The first-order valence-corrected chi connectivity index (χ1v) is 6.87. The van der Waals surface area contributed by atoms with Crippen LogP contribution in [0.15, 0.2) is 4.99 Å². The van der Waals surface area contributed by atoms with E-state index in [2.05, 4.69) is 24.2 Å².